The number of rotatable bonds is 5. The average Bonchev–Trinajstić information content (AvgIpc) is 2.83. The number of ether oxygens (including phenoxy) is 1. The number of thiophene rings is 1. The molecule has 19 heavy (non-hydrogen) atoms. The molecule has 0 radical (unpaired) electrons. The third kappa shape index (κ3) is 3.94. The van der Waals surface area contributed by atoms with Crippen molar-refractivity contribution in [1.29, 1.82) is 0 Å². The van der Waals surface area contributed by atoms with Gasteiger partial charge < -0.3 is 10.5 Å². The molecule has 0 spiro atoms. The van der Waals surface area contributed by atoms with Crippen LogP contribution in [0.25, 0.3) is 0 Å². The van der Waals surface area contributed by atoms with Gasteiger partial charge in [-0.15, -0.1) is 11.3 Å². The molecule has 0 aliphatic rings. The first kappa shape index (κ1) is 14.8. The van der Waals surface area contributed by atoms with Crippen LogP contribution in [0.1, 0.15) is 29.2 Å². The van der Waals surface area contributed by atoms with E-state index in [1.165, 1.54) is 13.3 Å². The fourth-order valence-corrected chi connectivity index (χ4v) is 3.18. The van der Waals surface area contributed by atoms with Gasteiger partial charge in [0.05, 0.1) is 0 Å². The minimum Gasteiger partial charge on any atom is -0.483 e. The second kappa shape index (κ2) is 6.72. The van der Waals surface area contributed by atoms with Gasteiger partial charge >= 0.3 is 0 Å². The molecule has 2 nitrogen and oxygen atoms in total. The quantitative estimate of drug-likeness (QED) is 0.766. The Bertz CT molecular complexity index is 523. The maximum atomic E-state index is 6.22. The van der Waals surface area contributed by atoms with Crippen LogP contribution < -0.4 is 10.5 Å². The highest BCUT2D eigenvalue weighted by molar-refractivity contribution is 14.1. The lowest BCUT2D eigenvalue weighted by Crippen LogP contribution is -2.30. The fraction of sp³-hybridized carbons (Fsp3) is 0.333. The van der Waals surface area contributed by atoms with Crippen LogP contribution in [-0.4, -0.2) is 6.04 Å². The molecule has 1 aromatic carbocycles. The Hall–Kier alpha value is -0.590. The molecular weight excluding hydrogens is 369 g/mol. The van der Waals surface area contributed by atoms with E-state index in [9.17, 15) is 0 Å². The van der Waals surface area contributed by atoms with E-state index in [2.05, 4.69) is 48.6 Å². The molecule has 2 N–H and O–H groups in total. The molecule has 0 saturated heterocycles. The van der Waals surface area contributed by atoms with Gasteiger partial charge in [0.1, 0.15) is 11.9 Å². The second-order valence-corrected chi connectivity index (χ2v) is 7.08. The number of halogens is 1. The van der Waals surface area contributed by atoms with Crippen molar-refractivity contribution in [2.24, 2.45) is 5.73 Å². The maximum Gasteiger partial charge on any atom is 0.148 e. The van der Waals surface area contributed by atoms with Crippen LogP contribution in [0.2, 0.25) is 0 Å². The summed E-state index contributed by atoms with van der Waals surface area (Å²) in [4.78, 5) is 2.49. The Kier molecular flexibility index (Phi) is 5.24. The molecule has 2 rings (SSSR count). The molecule has 0 amide bonds. The number of nitrogens with two attached hydrogens (primary N) is 1. The zero-order chi connectivity index (χ0) is 13.8. The molecule has 2 aromatic rings. The van der Waals surface area contributed by atoms with Crippen molar-refractivity contribution in [2.75, 3.05) is 0 Å². The van der Waals surface area contributed by atoms with Crippen molar-refractivity contribution in [1.82, 2.24) is 0 Å². The molecule has 2 unspecified atom stereocenters. The van der Waals surface area contributed by atoms with E-state index in [4.69, 9.17) is 10.5 Å². The van der Waals surface area contributed by atoms with Gasteiger partial charge in [0.2, 0.25) is 0 Å². The highest BCUT2D eigenvalue weighted by atomic mass is 127. The van der Waals surface area contributed by atoms with Gasteiger partial charge in [-0.3, -0.25) is 0 Å². The van der Waals surface area contributed by atoms with Crippen LogP contribution in [0.15, 0.2) is 36.4 Å². The van der Waals surface area contributed by atoms with Crippen molar-refractivity contribution in [3.63, 3.8) is 0 Å². The Labute approximate surface area is 132 Å². The molecule has 1 aromatic heterocycles. The molecule has 102 valence electrons. The van der Waals surface area contributed by atoms with E-state index in [1.54, 1.807) is 11.3 Å². The molecule has 0 bridgehead atoms. The summed E-state index contributed by atoms with van der Waals surface area (Å²) in [7, 11) is 0. The fourth-order valence-electron chi connectivity index (χ4n) is 1.84. The third-order valence-corrected chi connectivity index (χ3v) is 4.76. The summed E-state index contributed by atoms with van der Waals surface area (Å²) >= 11 is 4.04. The summed E-state index contributed by atoms with van der Waals surface area (Å²) in [6, 6.07) is 12.3. The number of aryl methyl sites for hydroxylation is 1. The van der Waals surface area contributed by atoms with Crippen LogP contribution in [-0.2, 0) is 0 Å². The van der Waals surface area contributed by atoms with Crippen LogP contribution in [0.3, 0.4) is 0 Å². The Morgan fingerprint density at radius 2 is 1.89 bits per heavy atom. The van der Waals surface area contributed by atoms with Gasteiger partial charge in [-0.1, -0.05) is 6.92 Å². The summed E-state index contributed by atoms with van der Waals surface area (Å²) in [5.74, 6) is 0.875. The van der Waals surface area contributed by atoms with E-state index in [1.807, 2.05) is 24.3 Å². The maximum absolute atomic E-state index is 6.22. The lowest BCUT2D eigenvalue weighted by atomic mass is 10.1. The summed E-state index contributed by atoms with van der Waals surface area (Å²) in [6.45, 7) is 4.20. The summed E-state index contributed by atoms with van der Waals surface area (Å²) in [6.07, 6.45) is 0.829. The first-order valence-electron chi connectivity index (χ1n) is 6.34. The Morgan fingerprint density at radius 3 is 2.42 bits per heavy atom. The summed E-state index contributed by atoms with van der Waals surface area (Å²) in [5, 5.41) is 0. The minimum absolute atomic E-state index is 0.0114. The van der Waals surface area contributed by atoms with Crippen molar-refractivity contribution in [3.05, 3.63) is 49.7 Å². The standard InChI is InChI=1S/C15H18INOS/c1-3-13(17)15(14-9-4-10(2)19-14)18-12-7-5-11(16)6-8-12/h4-9,13,15H,3,17H2,1-2H3. The van der Waals surface area contributed by atoms with Gasteiger partial charge in [0.15, 0.2) is 0 Å². The minimum atomic E-state index is -0.0660. The second-order valence-electron chi connectivity index (χ2n) is 4.51. The predicted molar refractivity (Wildman–Crippen MR) is 89.9 cm³/mol. The van der Waals surface area contributed by atoms with Crippen LogP contribution in [0.4, 0.5) is 0 Å². The largest absolute Gasteiger partial charge is 0.483 e. The van der Waals surface area contributed by atoms with E-state index >= 15 is 0 Å². The van der Waals surface area contributed by atoms with Gasteiger partial charge in [0, 0.05) is 19.4 Å². The highest BCUT2D eigenvalue weighted by Crippen LogP contribution is 2.30. The van der Waals surface area contributed by atoms with Crippen LogP contribution in [0, 0.1) is 10.5 Å². The SMILES string of the molecule is CCC(N)C(Oc1ccc(I)cc1)c1ccc(C)s1. The van der Waals surface area contributed by atoms with E-state index in [-0.39, 0.29) is 12.1 Å². The van der Waals surface area contributed by atoms with Crippen molar-refractivity contribution in [2.45, 2.75) is 32.4 Å². The Balaban J connectivity index is 2.21. The monoisotopic (exact) mass is 387 g/mol. The van der Waals surface area contributed by atoms with E-state index in [0.29, 0.717) is 0 Å². The molecule has 0 fully saturated rings. The van der Waals surface area contributed by atoms with Crippen molar-refractivity contribution in [3.8, 4) is 5.75 Å². The first-order chi connectivity index (χ1) is 9.10. The van der Waals surface area contributed by atoms with Crippen molar-refractivity contribution >= 4 is 33.9 Å². The molecule has 0 saturated carbocycles. The van der Waals surface area contributed by atoms with E-state index in [0.717, 1.165) is 12.2 Å². The lowest BCUT2D eigenvalue weighted by Gasteiger charge is -2.23. The molecule has 4 heteroatoms. The Morgan fingerprint density at radius 1 is 1.21 bits per heavy atom. The third-order valence-electron chi connectivity index (χ3n) is 2.98. The number of hydrogen-bond donors (Lipinski definition) is 1. The van der Waals surface area contributed by atoms with E-state index < -0.39 is 0 Å². The van der Waals surface area contributed by atoms with Crippen molar-refractivity contribution < 1.29 is 4.74 Å². The molecule has 2 atom stereocenters. The first-order valence-corrected chi connectivity index (χ1v) is 8.24. The molecule has 1 heterocycles. The smallest absolute Gasteiger partial charge is 0.148 e. The van der Waals surface area contributed by atoms with Gasteiger partial charge in [-0.2, -0.15) is 0 Å². The zero-order valence-corrected chi connectivity index (χ0v) is 14.1. The summed E-state index contributed by atoms with van der Waals surface area (Å²) < 4.78 is 7.31. The lowest BCUT2D eigenvalue weighted by molar-refractivity contribution is 0.174. The number of benzene rings is 1. The molecule has 0 aliphatic heterocycles. The van der Waals surface area contributed by atoms with Crippen LogP contribution in [0.5, 0.6) is 5.75 Å². The van der Waals surface area contributed by atoms with Gasteiger partial charge in [-0.25, -0.2) is 0 Å². The van der Waals surface area contributed by atoms with Gasteiger partial charge in [-0.05, 0) is 72.3 Å². The topological polar surface area (TPSA) is 35.2 Å². The van der Waals surface area contributed by atoms with Crippen LogP contribution >= 0.6 is 33.9 Å². The normalized spacial score (nSPS) is 14.1. The zero-order valence-electron chi connectivity index (χ0n) is 11.1. The predicted octanol–water partition coefficient (Wildman–Crippen LogP) is 4.52. The highest BCUT2D eigenvalue weighted by Gasteiger charge is 2.22. The number of hydrogen-bond acceptors (Lipinski definition) is 3. The summed E-state index contributed by atoms with van der Waals surface area (Å²) in [5.41, 5.74) is 6.22. The molecule has 0 aliphatic carbocycles. The molecular formula is C15H18INOS. The average molecular weight is 387 g/mol. The van der Waals surface area contributed by atoms with Gasteiger partial charge in [0.25, 0.3) is 0 Å².